The van der Waals surface area contributed by atoms with E-state index in [0.717, 1.165) is 37.5 Å². The van der Waals surface area contributed by atoms with Crippen molar-refractivity contribution in [3.05, 3.63) is 11.9 Å². The van der Waals surface area contributed by atoms with Gasteiger partial charge in [-0.2, -0.15) is 0 Å². The molecule has 0 spiro atoms. The predicted molar refractivity (Wildman–Crippen MR) is 63.4 cm³/mol. The summed E-state index contributed by atoms with van der Waals surface area (Å²) < 4.78 is 5.61. The highest BCUT2D eigenvalue weighted by atomic mass is 16.5. The smallest absolute Gasteiger partial charge is 0.137 e. The summed E-state index contributed by atoms with van der Waals surface area (Å²) in [5.74, 6) is 1.49. The van der Waals surface area contributed by atoms with Gasteiger partial charge in [-0.1, -0.05) is 0 Å². The Bertz CT molecular complexity index is 369. The first-order chi connectivity index (χ1) is 7.68. The summed E-state index contributed by atoms with van der Waals surface area (Å²) in [6.45, 7) is 6.68. The van der Waals surface area contributed by atoms with Crippen LogP contribution in [0.1, 0.15) is 18.9 Å². The number of ether oxygens (including phenoxy) is 1. The van der Waals surface area contributed by atoms with Crippen molar-refractivity contribution < 1.29 is 4.74 Å². The van der Waals surface area contributed by atoms with Crippen molar-refractivity contribution in [2.75, 3.05) is 30.3 Å². The number of nitrogens with two attached hydrogens (primary N) is 1. The number of hydrogen-bond acceptors (Lipinski definition) is 5. The average molecular weight is 222 g/mol. The van der Waals surface area contributed by atoms with Crippen LogP contribution in [-0.2, 0) is 4.74 Å². The Morgan fingerprint density at radius 3 is 3.12 bits per heavy atom. The fraction of sp³-hybridized carbons (Fsp3) is 0.636. The molecule has 0 aliphatic carbocycles. The maximum Gasteiger partial charge on any atom is 0.137 e. The third kappa shape index (κ3) is 2.24. The molecule has 1 saturated heterocycles. The van der Waals surface area contributed by atoms with Gasteiger partial charge < -0.3 is 15.4 Å². The van der Waals surface area contributed by atoms with Crippen molar-refractivity contribution in [1.29, 1.82) is 0 Å². The van der Waals surface area contributed by atoms with Crippen molar-refractivity contribution >= 4 is 11.6 Å². The molecule has 1 unspecified atom stereocenters. The van der Waals surface area contributed by atoms with E-state index in [9.17, 15) is 0 Å². The molecule has 1 aromatic rings. The molecule has 0 bridgehead atoms. The lowest BCUT2D eigenvalue weighted by molar-refractivity contribution is 0.0820. The first-order valence-corrected chi connectivity index (χ1v) is 5.62. The summed E-state index contributed by atoms with van der Waals surface area (Å²) in [7, 11) is 0. The third-order valence-electron chi connectivity index (χ3n) is 2.85. The highest BCUT2D eigenvalue weighted by molar-refractivity contribution is 5.55. The normalized spacial score (nSPS) is 21.9. The van der Waals surface area contributed by atoms with E-state index >= 15 is 0 Å². The molecule has 0 aromatic carbocycles. The van der Waals surface area contributed by atoms with Gasteiger partial charge >= 0.3 is 0 Å². The molecule has 2 rings (SSSR count). The van der Waals surface area contributed by atoms with Gasteiger partial charge in [0.25, 0.3) is 0 Å². The van der Waals surface area contributed by atoms with Gasteiger partial charge in [-0.25, -0.2) is 9.97 Å². The summed E-state index contributed by atoms with van der Waals surface area (Å²) >= 11 is 0. The third-order valence-corrected chi connectivity index (χ3v) is 2.85. The predicted octanol–water partition coefficient (Wildman–Crippen LogP) is 0.982. The van der Waals surface area contributed by atoms with Gasteiger partial charge in [0.1, 0.15) is 18.0 Å². The Balaban J connectivity index is 2.24. The van der Waals surface area contributed by atoms with E-state index in [1.807, 2.05) is 6.92 Å². The van der Waals surface area contributed by atoms with Gasteiger partial charge in [0.15, 0.2) is 0 Å². The molecule has 1 aromatic heterocycles. The molecular weight excluding hydrogens is 204 g/mol. The van der Waals surface area contributed by atoms with Crippen LogP contribution in [0.15, 0.2) is 6.33 Å². The van der Waals surface area contributed by atoms with Gasteiger partial charge in [0.05, 0.1) is 6.10 Å². The summed E-state index contributed by atoms with van der Waals surface area (Å²) in [6.07, 6.45) is 2.78. The minimum Gasteiger partial charge on any atom is -0.383 e. The topological polar surface area (TPSA) is 64.3 Å². The van der Waals surface area contributed by atoms with Crippen LogP contribution >= 0.6 is 0 Å². The molecule has 0 radical (unpaired) electrons. The fourth-order valence-corrected chi connectivity index (χ4v) is 1.96. The molecule has 0 amide bonds. The van der Waals surface area contributed by atoms with Crippen LogP contribution < -0.4 is 10.6 Å². The standard InChI is InChI=1S/C11H18N4O/c1-8-6-15(4-3-5-16-8)11-9(2)10(12)13-7-14-11/h7-8H,3-6H2,1-2H3,(H2,12,13,14). The van der Waals surface area contributed by atoms with E-state index in [1.54, 1.807) is 0 Å². The minimum absolute atomic E-state index is 0.234. The van der Waals surface area contributed by atoms with E-state index in [-0.39, 0.29) is 6.10 Å². The zero-order valence-electron chi connectivity index (χ0n) is 9.81. The van der Waals surface area contributed by atoms with Crippen LogP contribution in [0.5, 0.6) is 0 Å². The van der Waals surface area contributed by atoms with Crippen molar-refractivity contribution in [2.24, 2.45) is 0 Å². The monoisotopic (exact) mass is 222 g/mol. The van der Waals surface area contributed by atoms with E-state index in [0.29, 0.717) is 5.82 Å². The lowest BCUT2D eigenvalue weighted by atomic mass is 10.2. The van der Waals surface area contributed by atoms with Crippen LogP contribution in [0.2, 0.25) is 0 Å². The number of anilines is 2. The molecule has 5 heteroatoms. The average Bonchev–Trinajstić information content (AvgIpc) is 2.47. The Morgan fingerprint density at radius 2 is 2.31 bits per heavy atom. The second-order valence-corrected chi connectivity index (χ2v) is 4.19. The van der Waals surface area contributed by atoms with Crippen molar-refractivity contribution in [2.45, 2.75) is 26.4 Å². The van der Waals surface area contributed by atoms with Crippen LogP contribution in [-0.4, -0.2) is 35.8 Å². The van der Waals surface area contributed by atoms with Crippen LogP contribution in [0.3, 0.4) is 0 Å². The Hall–Kier alpha value is -1.36. The highest BCUT2D eigenvalue weighted by Crippen LogP contribution is 2.21. The first-order valence-electron chi connectivity index (χ1n) is 5.62. The zero-order valence-corrected chi connectivity index (χ0v) is 9.81. The van der Waals surface area contributed by atoms with Gasteiger partial charge in [-0.3, -0.25) is 0 Å². The molecule has 0 saturated carbocycles. The van der Waals surface area contributed by atoms with Gasteiger partial charge in [-0.05, 0) is 20.3 Å². The second-order valence-electron chi connectivity index (χ2n) is 4.19. The molecule has 1 fully saturated rings. The molecular formula is C11H18N4O. The summed E-state index contributed by atoms with van der Waals surface area (Å²) in [5.41, 5.74) is 6.75. The number of aromatic nitrogens is 2. The van der Waals surface area contributed by atoms with Crippen LogP contribution in [0, 0.1) is 6.92 Å². The highest BCUT2D eigenvalue weighted by Gasteiger charge is 2.18. The van der Waals surface area contributed by atoms with E-state index in [1.165, 1.54) is 6.33 Å². The summed E-state index contributed by atoms with van der Waals surface area (Å²) in [5, 5.41) is 0. The first kappa shape index (κ1) is 11.1. The molecule has 1 aliphatic rings. The number of nitrogen functional groups attached to an aromatic ring is 1. The second kappa shape index (κ2) is 4.65. The van der Waals surface area contributed by atoms with Gasteiger partial charge in [0.2, 0.25) is 0 Å². The van der Waals surface area contributed by atoms with Crippen molar-refractivity contribution in [3.63, 3.8) is 0 Å². The van der Waals surface area contributed by atoms with Crippen molar-refractivity contribution in [1.82, 2.24) is 9.97 Å². The Morgan fingerprint density at radius 1 is 1.50 bits per heavy atom. The number of rotatable bonds is 1. The largest absolute Gasteiger partial charge is 0.383 e. The molecule has 1 aliphatic heterocycles. The lowest BCUT2D eigenvalue weighted by Crippen LogP contribution is -2.31. The molecule has 88 valence electrons. The van der Waals surface area contributed by atoms with Crippen molar-refractivity contribution in [3.8, 4) is 0 Å². The number of hydrogen-bond donors (Lipinski definition) is 1. The number of nitrogens with zero attached hydrogens (tertiary/aromatic N) is 3. The van der Waals surface area contributed by atoms with Crippen LogP contribution in [0.4, 0.5) is 11.6 Å². The van der Waals surface area contributed by atoms with Gasteiger partial charge in [0, 0.05) is 25.3 Å². The fourth-order valence-electron chi connectivity index (χ4n) is 1.96. The SMILES string of the molecule is Cc1c(N)ncnc1N1CCCOC(C)C1. The Labute approximate surface area is 95.6 Å². The van der Waals surface area contributed by atoms with Gasteiger partial charge in [-0.15, -0.1) is 0 Å². The Kier molecular flexibility index (Phi) is 3.24. The maximum atomic E-state index is 5.79. The van der Waals surface area contributed by atoms with E-state index < -0.39 is 0 Å². The van der Waals surface area contributed by atoms with E-state index in [4.69, 9.17) is 10.5 Å². The quantitative estimate of drug-likeness (QED) is 0.767. The molecule has 2 N–H and O–H groups in total. The summed E-state index contributed by atoms with van der Waals surface area (Å²) in [4.78, 5) is 10.5. The molecule has 5 nitrogen and oxygen atoms in total. The zero-order chi connectivity index (χ0) is 11.5. The molecule has 16 heavy (non-hydrogen) atoms. The van der Waals surface area contributed by atoms with E-state index in [2.05, 4.69) is 21.8 Å². The molecule has 1 atom stereocenters. The summed E-state index contributed by atoms with van der Waals surface area (Å²) in [6, 6.07) is 0. The van der Waals surface area contributed by atoms with Crippen LogP contribution in [0.25, 0.3) is 0 Å². The lowest BCUT2D eigenvalue weighted by Gasteiger charge is -2.24. The maximum absolute atomic E-state index is 5.79. The minimum atomic E-state index is 0.234. The molecule has 2 heterocycles.